The van der Waals surface area contributed by atoms with Crippen molar-refractivity contribution in [2.75, 3.05) is 0 Å². The Bertz CT molecular complexity index is 605. The van der Waals surface area contributed by atoms with Gasteiger partial charge in [-0.3, -0.25) is 4.40 Å². The minimum Gasteiger partial charge on any atom is -0.478 e. The minimum atomic E-state index is -1.23. The van der Waals surface area contributed by atoms with Gasteiger partial charge in [-0.15, -0.1) is 0 Å². The van der Waals surface area contributed by atoms with Crippen molar-refractivity contribution in [3.63, 3.8) is 0 Å². The van der Waals surface area contributed by atoms with Crippen LogP contribution in [0.15, 0.2) is 18.3 Å². The summed E-state index contributed by atoms with van der Waals surface area (Å²) in [5.41, 5.74) is -0.0647. The van der Waals surface area contributed by atoms with Gasteiger partial charge in [-0.05, 0) is 12.1 Å². The maximum Gasteiger partial charge on any atom is 0.354 e. The Morgan fingerprint density at radius 3 is 2.50 bits per heavy atom. The quantitative estimate of drug-likeness (QED) is 0.774. The molecule has 0 aromatic carbocycles. The van der Waals surface area contributed by atoms with Crippen molar-refractivity contribution in [2.24, 2.45) is 0 Å². The molecule has 0 fully saturated rings. The first kappa shape index (κ1) is 10.4. The average Bonchev–Trinajstić information content (AvgIpc) is 2.61. The van der Waals surface area contributed by atoms with E-state index in [1.807, 2.05) is 0 Å². The van der Waals surface area contributed by atoms with E-state index in [4.69, 9.17) is 21.8 Å². The molecular formula is C9H5ClN2O4. The highest BCUT2D eigenvalue weighted by molar-refractivity contribution is 6.32. The molecule has 82 valence electrons. The number of fused-ring (bicyclic) bond motifs is 1. The third kappa shape index (κ3) is 1.40. The normalized spacial score (nSPS) is 10.6. The first-order valence-corrected chi connectivity index (χ1v) is 4.52. The molecule has 0 saturated carbocycles. The second-order valence-corrected chi connectivity index (χ2v) is 3.34. The van der Waals surface area contributed by atoms with E-state index >= 15 is 0 Å². The second-order valence-electron chi connectivity index (χ2n) is 2.99. The third-order valence-electron chi connectivity index (χ3n) is 2.06. The van der Waals surface area contributed by atoms with Crippen molar-refractivity contribution in [2.45, 2.75) is 0 Å². The highest BCUT2D eigenvalue weighted by Crippen LogP contribution is 2.20. The van der Waals surface area contributed by atoms with E-state index in [9.17, 15) is 9.59 Å². The highest BCUT2D eigenvalue weighted by atomic mass is 35.5. The molecule has 0 amide bonds. The Morgan fingerprint density at radius 1 is 1.25 bits per heavy atom. The average molecular weight is 241 g/mol. The molecule has 2 N–H and O–H groups in total. The molecule has 0 spiro atoms. The molecule has 2 rings (SSSR count). The zero-order chi connectivity index (χ0) is 11.9. The van der Waals surface area contributed by atoms with Gasteiger partial charge in [-0.25, -0.2) is 14.6 Å². The van der Waals surface area contributed by atoms with Gasteiger partial charge in [-0.2, -0.15) is 0 Å². The van der Waals surface area contributed by atoms with Crippen LogP contribution in [-0.4, -0.2) is 31.5 Å². The van der Waals surface area contributed by atoms with E-state index < -0.39 is 11.9 Å². The molecule has 0 unspecified atom stereocenters. The van der Waals surface area contributed by atoms with Crippen LogP contribution in [0.2, 0.25) is 5.15 Å². The first-order chi connectivity index (χ1) is 7.52. The number of halogens is 1. The Morgan fingerprint density at radius 2 is 1.94 bits per heavy atom. The first-order valence-electron chi connectivity index (χ1n) is 4.15. The van der Waals surface area contributed by atoms with Crippen molar-refractivity contribution in [1.29, 1.82) is 0 Å². The molecular weight excluding hydrogens is 236 g/mol. The predicted molar refractivity (Wildman–Crippen MR) is 54.1 cm³/mol. The maximum atomic E-state index is 10.8. The van der Waals surface area contributed by atoms with Crippen LogP contribution in [-0.2, 0) is 0 Å². The van der Waals surface area contributed by atoms with E-state index in [0.717, 1.165) is 10.6 Å². The van der Waals surface area contributed by atoms with Crippen LogP contribution in [0, 0.1) is 0 Å². The Kier molecular flexibility index (Phi) is 2.28. The Labute approximate surface area is 93.7 Å². The number of pyridine rings is 1. The van der Waals surface area contributed by atoms with Gasteiger partial charge in [0, 0.05) is 0 Å². The van der Waals surface area contributed by atoms with Gasteiger partial charge in [0.1, 0.15) is 10.8 Å². The standard InChI is InChI=1S/C9H5ClN2O4/c10-7-4(8(13)14)1-2-6-11-3-5(9(15)16)12(6)7/h1-3H,(H,13,14)(H,15,16). The Balaban J connectivity index is 2.85. The monoisotopic (exact) mass is 240 g/mol. The third-order valence-corrected chi connectivity index (χ3v) is 2.43. The van der Waals surface area contributed by atoms with Crippen LogP contribution < -0.4 is 0 Å². The van der Waals surface area contributed by atoms with E-state index in [-0.39, 0.29) is 22.1 Å². The fraction of sp³-hybridized carbons (Fsp3) is 0. The number of hydrogen-bond acceptors (Lipinski definition) is 3. The number of carbonyl (C=O) groups is 2. The number of aromatic nitrogens is 2. The fourth-order valence-corrected chi connectivity index (χ4v) is 1.67. The smallest absolute Gasteiger partial charge is 0.354 e. The zero-order valence-corrected chi connectivity index (χ0v) is 8.47. The fourth-order valence-electron chi connectivity index (χ4n) is 1.35. The molecule has 0 aliphatic carbocycles. The van der Waals surface area contributed by atoms with Crippen LogP contribution in [0.25, 0.3) is 5.65 Å². The van der Waals surface area contributed by atoms with Crippen LogP contribution in [0.3, 0.4) is 0 Å². The lowest BCUT2D eigenvalue weighted by molar-refractivity contribution is 0.0677. The molecule has 6 nitrogen and oxygen atoms in total. The van der Waals surface area contributed by atoms with Gasteiger partial charge in [0.05, 0.1) is 11.8 Å². The number of hydrogen-bond donors (Lipinski definition) is 2. The zero-order valence-electron chi connectivity index (χ0n) is 7.72. The van der Waals surface area contributed by atoms with Gasteiger partial charge >= 0.3 is 11.9 Å². The summed E-state index contributed by atoms with van der Waals surface area (Å²) in [6.07, 6.45) is 1.12. The van der Waals surface area contributed by atoms with Crippen LogP contribution >= 0.6 is 11.6 Å². The van der Waals surface area contributed by atoms with Crippen LogP contribution in [0.1, 0.15) is 20.8 Å². The summed E-state index contributed by atoms with van der Waals surface area (Å²) in [4.78, 5) is 25.5. The molecule has 0 saturated heterocycles. The summed E-state index contributed by atoms with van der Waals surface area (Å²) in [6.45, 7) is 0. The topological polar surface area (TPSA) is 91.9 Å². The number of nitrogens with zero attached hydrogens (tertiary/aromatic N) is 2. The largest absolute Gasteiger partial charge is 0.478 e. The lowest BCUT2D eigenvalue weighted by Crippen LogP contribution is -2.06. The van der Waals surface area contributed by atoms with Gasteiger partial charge in [0.15, 0.2) is 5.69 Å². The molecule has 7 heteroatoms. The summed E-state index contributed by atoms with van der Waals surface area (Å²) >= 11 is 5.81. The summed E-state index contributed by atoms with van der Waals surface area (Å²) in [6, 6.07) is 2.67. The SMILES string of the molecule is O=C(O)c1ccc2ncc(C(=O)O)n2c1Cl. The minimum absolute atomic E-state index is 0.172. The van der Waals surface area contributed by atoms with Gasteiger partial charge in [0.25, 0.3) is 0 Å². The van der Waals surface area contributed by atoms with Crippen molar-refractivity contribution in [3.8, 4) is 0 Å². The van der Waals surface area contributed by atoms with Crippen molar-refractivity contribution in [3.05, 3.63) is 34.7 Å². The summed E-state index contributed by atoms with van der Waals surface area (Å²) in [5, 5.41) is 17.5. The summed E-state index contributed by atoms with van der Waals surface area (Å²) < 4.78 is 1.08. The van der Waals surface area contributed by atoms with Crippen LogP contribution in [0.5, 0.6) is 0 Å². The van der Waals surface area contributed by atoms with Gasteiger partial charge < -0.3 is 10.2 Å². The lowest BCUT2D eigenvalue weighted by atomic mass is 10.3. The molecule has 2 heterocycles. The molecule has 0 radical (unpaired) electrons. The number of rotatable bonds is 2. The van der Waals surface area contributed by atoms with Crippen LogP contribution in [0.4, 0.5) is 0 Å². The van der Waals surface area contributed by atoms with Crippen molar-refractivity contribution in [1.82, 2.24) is 9.38 Å². The molecule has 0 aliphatic heterocycles. The number of aromatic carboxylic acids is 2. The van der Waals surface area contributed by atoms with E-state index in [1.165, 1.54) is 12.1 Å². The molecule has 0 atom stereocenters. The molecule has 2 aromatic rings. The van der Waals surface area contributed by atoms with Crippen molar-refractivity contribution < 1.29 is 19.8 Å². The predicted octanol–water partition coefficient (Wildman–Crippen LogP) is 1.38. The lowest BCUT2D eigenvalue weighted by Gasteiger charge is -2.03. The molecule has 16 heavy (non-hydrogen) atoms. The van der Waals surface area contributed by atoms with E-state index in [1.54, 1.807) is 0 Å². The number of carboxylic acids is 2. The number of carboxylic acid groups (broad SMARTS) is 2. The van der Waals surface area contributed by atoms with Gasteiger partial charge in [-0.1, -0.05) is 11.6 Å². The molecule has 0 bridgehead atoms. The second kappa shape index (κ2) is 3.49. The number of imidazole rings is 1. The van der Waals surface area contributed by atoms with E-state index in [2.05, 4.69) is 4.98 Å². The molecule has 0 aliphatic rings. The summed E-state index contributed by atoms with van der Waals surface area (Å²) in [7, 11) is 0. The van der Waals surface area contributed by atoms with Gasteiger partial charge in [0.2, 0.25) is 0 Å². The highest BCUT2D eigenvalue weighted by Gasteiger charge is 2.17. The maximum absolute atomic E-state index is 10.8. The molecule has 2 aromatic heterocycles. The summed E-state index contributed by atoms with van der Waals surface area (Å²) in [5.74, 6) is -2.45. The van der Waals surface area contributed by atoms with E-state index in [0.29, 0.717) is 0 Å². The Hall–Kier alpha value is -2.08. The van der Waals surface area contributed by atoms with Crippen molar-refractivity contribution >= 4 is 29.2 Å².